The number of hydrogen-bond acceptors (Lipinski definition) is 2. The van der Waals surface area contributed by atoms with E-state index >= 15 is 0 Å². The Morgan fingerprint density at radius 3 is 2.09 bits per heavy atom. The van der Waals surface area contributed by atoms with Gasteiger partial charge < -0.3 is 5.73 Å². The maximum Gasteiger partial charge on any atom is 0.283 e. The van der Waals surface area contributed by atoms with Gasteiger partial charge >= 0.3 is 0 Å². The number of ketones is 1. The number of halogens is 1. The second-order valence-corrected chi connectivity index (χ2v) is 6.54. The van der Waals surface area contributed by atoms with Gasteiger partial charge in [-0.15, -0.1) is 21.9 Å². The van der Waals surface area contributed by atoms with Crippen LogP contribution in [0.3, 0.4) is 0 Å². The molecule has 3 rings (SSSR count). The van der Waals surface area contributed by atoms with Gasteiger partial charge in [0, 0.05) is 0 Å². The lowest BCUT2D eigenvalue weighted by Crippen LogP contribution is -2.61. The van der Waals surface area contributed by atoms with E-state index in [0.717, 1.165) is 0 Å². The van der Waals surface area contributed by atoms with Crippen LogP contribution in [0, 0.1) is 0 Å². The zero-order chi connectivity index (χ0) is 17.5. The number of allylic oxidation sites excluding steroid dienone is 1. The Bertz CT molecular complexity index is 811. The Morgan fingerprint density at radius 2 is 1.52 bits per heavy atom. The molecule has 2 unspecified atom stereocenters. The monoisotopic (exact) mass is 301 g/mol. The largest absolute Gasteiger partial charge is 0.316 e. The standard InChI is InChI=1S/C12H4B8ClNO/c13-2-1-11(19)12(22,10(23)4(2)14)3-5(15)6(16)7(17)8(18)9(3)20(11)21/h1,22H2. The Hall–Kier alpha value is -0.601. The molecule has 0 aromatic heterocycles. The summed E-state index contributed by atoms with van der Waals surface area (Å²) in [5.41, 5.74) is 5.27. The molecule has 11 heteroatoms. The average Bonchev–Trinajstić information content (AvgIpc) is 2.68. The van der Waals surface area contributed by atoms with Crippen molar-refractivity contribution in [1.29, 1.82) is 0 Å². The fraction of sp³-hybridized carbons (Fsp3) is 0.250. The third-order valence-corrected chi connectivity index (χ3v) is 5.57. The van der Waals surface area contributed by atoms with Gasteiger partial charge in [-0.25, -0.2) is 0 Å². The van der Waals surface area contributed by atoms with Crippen molar-refractivity contribution >= 4 is 106 Å². The van der Waals surface area contributed by atoms with Crippen molar-refractivity contribution < 1.29 is 4.79 Å². The first-order chi connectivity index (χ1) is 10.5. The minimum absolute atomic E-state index is 0.00259. The molecule has 1 aliphatic heterocycles. The van der Waals surface area contributed by atoms with Crippen molar-refractivity contribution in [1.82, 2.24) is 0 Å². The number of Topliss-reactive ketones (excluding diaryl/α,β-unsaturated/α-hetero) is 1. The number of carbonyl (C=O) groups excluding carboxylic acids is 1. The van der Waals surface area contributed by atoms with Crippen molar-refractivity contribution in [3.8, 4) is 0 Å². The number of carbonyl (C=O) groups is 1. The van der Waals surface area contributed by atoms with Crippen LogP contribution in [0.15, 0.2) is 10.9 Å². The summed E-state index contributed by atoms with van der Waals surface area (Å²) in [6, 6.07) is 0. The molecule has 0 saturated heterocycles. The predicted octanol–water partition coefficient (Wildman–Crippen LogP) is -5.15. The number of rotatable bonds is 0. The average molecular weight is 300 g/mol. The van der Waals surface area contributed by atoms with Gasteiger partial charge in [-0.05, 0) is 17.2 Å². The van der Waals surface area contributed by atoms with Gasteiger partial charge in [-0.3, -0.25) is 4.79 Å². The highest BCUT2D eigenvalue weighted by Gasteiger charge is 2.65. The maximum atomic E-state index is 12.8. The number of benzene rings is 1. The van der Waals surface area contributed by atoms with E-state index in [1.807, 2.05) is 0 Å². The number of fused-ring (bicyclic) bond motifs is 3. The molecule has 0 fully saturated rings. The summed E-state index contributed by atoms with van der Waals surface area (Å²) in [5, 5.41) is -1.45. The Labute approximate surface area is 150 Å². The van der Waals surface area contributed by atoms with Crippen LogP contribution in [0.1, 0.15) is 12.0 Å². The third kappa shape index (κ3) is 1.77. The molecule has 2 nitrogen and oxygen atoms in total. The normalized spacial score (nSPS) is 29.7. The molecule has 0 amide bonds. The molecule has 0 bridgehead atoms. The highest BCUT2D eigenvalue weighted by atomic mass is 35.5. The Morgan fingerprint density at radius 1 is 1.00 bits per heavy atom. The quantitative estimate of drug-likeness (QED) is 0.487. The van der Waals surface area contributed by atoms with Crippen LogP contribution in [0.2, 0.25) is 5.21 Å². The minimum atomic E-state index is -1.79. The van der Waals surface area contributed by atoms with E-state index in [9.17, 15) is 4.79 Å². The highest BCUT2D eigenvalue weighted by molar-refractivity contribution is 7.20. The molecule has 2 atom stereocenters. The lowest BCUT2D eigenvalue weighted by molar-refractivity contribution is -0.121. The molecule has 2 aliphatic rings. The molecular formula is C12H4B8ClNO. The van der Waals surface area contributed by atoms with E-state index in [1.165, 1.54) is 0 Å². The van der Waals surface area contributed by atoms with Gasteiger partial charge in [0.1, 0.15) is 47.1 Å². The summed E-state index contributed by atoms with van der Waals surface area (Å²) < 4.78 is 0. The second-order valence-electron chi connectivity index (χ2n) is 6.10. The summed E-state index contributed by atoms with van der Waals surface area (Å²) in [6.07, 6.45) is -0.939. The van der Waals surface area contributed by atoms with Crippen molar-refractivity contribution in [3.05, 3.63) is 16.5 Å². The van der Waals surface area contributed by atoms with Crippen molar-refractivity contribution in [2.75, 3.05) is 0 Å². The lowest BCUT2D eigenvalue weighted by atomic mass is 9.32. The number of nitrogens with two attached hydrogens (primary N) is 1. The van der Waals surface area contributed by atoms with E-state index in [-0.39, 0.29) is 44.8 Å². The van der Waals surface area contributed by atoms with Crippen LogP contribution >= 0.6 is 11.5 Å². The summed E-state index contributed by atoms with van der Waals surface area (Å²) >= 11 is 6.52. The first-order valence-corrected chi connectivity index (χ1v) is 7.20. The molecule has 23 heavy (non-hydrogen) atoms. The van der Waals surface area contributed by atoms with E-state index in [1.54, 1.807) is 0 Å². The molecule has 0 spiro atoms. The van der Waals surface area contributed by atoms with Gasteiger partial charge in [0.25, 0.3) is 6.13 Å². The fourth-order valence-corrected chi connectivity index (χ4v) is 4.03. The van der Waals surface area contributed by atoms with E-state index in [0.29, 0.717) is 5.46 Å². The van der Waals surface area contributed by atoms with Gasteiger partial charge in [0.05, 0.1) is 13.4 Å². The predicted molar refractivity (Wildman–Crippen MR) is 102 cm³/mol. The number of hydrogen-bond donors (Lipinski definition) is 1. The Kier molecular flexibility index (Phi) is 3.71. The molecule has 1 aromatic carbocycles. The molecule has 1 heterocycles. The van der Waals surface area contributed by atoms with Gasteiger partial charge in [0.15, 0.2) is 5.78 Å². The minimum Gasteiger partial charge on any atom is -0.316 e. The summed E-state index contributed by atoms with van der Waals surface area (Å²) in [4.78, 5) is 12.8. The van der Waals surface area contributed by atoms with Crippen molar-refractivity contribution in [2.24, 2.45) is 5.73 Å². The summed E-state index contributed by atoms with van der Waals surface area (Å²) in [6.45, 7) is 0. The topological polar surface area (TPSA) is 43.1 Å². The third-order valence-electron chi connectivity index (χ3n) is 4.97. The smallest absolute Gasteiger partial charge is 0.283 e. The van der Waals surface area contributed by atoms with Crippen LogP contribution in [-0.2, 0) is 10.3 Å². The van der Waals surface area contributed by atoms with E-state index < -0.39 is 22.7 Å². The van der Waals surface area contributed by atoms with Gasteiger partial charge in [-0.1, -0.05) is 16.4 Å². The van der Waals surface area contributed by atoms with Crippen LogP contribution in [0.4, 0.5) is 0 Å². The molecule has 1 aliphatic carbocycles. The molecule has 14 radical (unpaired) electrons. The highest BCUT2D eigenvalue weighted by Crippen LogP contribution is 2.56. The van der Waals surface area contributed by atoms with Crippen LogP contribution in [0.25, 0.3) is 0 Å². The van der Waals surface area contributed by atoms with Crippen LogP contribution in [0.5, 0.6) is 0 Å². The van der Waals surface area contributed by atoms with Crippen molar-refractivity contribution in [2.45, 2.75) is 17.2 Å². The van der Waals surface area contributed by atoms with Crippen LogP contribution in [-0.4, -0.2) is 66.8 Å². The first kappa shape index (κ1) is 17.2. The van der Waals surface area contributed by atoms with Gasteiger partial charge in [0.2, 0.25) is 0 Å². The summed E-state index contributed by atoms with van der Waals surface area (Å²) in [5.74, 6) is -0.663. The molecule has 94 valence electrons. The maximum absolute atomic E-state index is 12.8. The van der Waals surface area contributed by atoms with Gasteiger partial charge in [-0.2, -0.15) is 11.5 Å². The summed E-state index contributed by atoms with van der Waals surface area (Å²) in [7, 11) is 41.9. The van der Waals surface area contributed by atoms with Crippen LogP contribution < -0.4 is 33.0 Å². The fourth-order valence-electron chi connectivity index (χ4n) is 3.55. The molecular weight excluding hydrogens is 296 g/mol. The van der Waals surface area contributed by atoms with E-state index in [2.05, 4.69) is 0 Å². The molecule has 1 aromatic rings. The first-order valence-electron chi connectivity index (χ1n) is 6.77. The SMILES string of the molecule is [B]C1=C([B])C(=O)C2(N)c3c([B])c([B])c([B])c([B])c3B(Cl)C2([B])C1. The van der Waals surface area contributed by atoms with Crippen molar-refractivity contribution in [3.63, 3.8) is 0 Å². The zero-order valence-corrected chi connectivity index (χ0v) is 12.9. The second kappa shape index (κ2) is 4.95. The Balaban J connectivity index is 2.47. The molecule has 2 N–H and O–H groups in total. The molecule has 0 saturated carbocycles. The lowest BCUT2D eigenvalue weighted by Gasteiger charge is -2.47. The zero-order valence-electron chi connectivity index (χ0n) is 12.2. The van der Waals surface area contributed by atoms with E-state index in [4.69, 9.17) is 72.1 Å².